The van der Waals surface area contributed by atoms with Gasteiger partial charge in [0.2, 0.25) is 0 Å². The third-order valence-corrected chi connectivity index (χ3v) is 4.09. The fraction of sp³-hybridized carbons (Fsp3) is 0.286. The van der Waals surface area contributed by atoms with Gasteiger partial charge in [-0.1, -0.05) is 49.7 Å². The van der Waals surface area contributed by atoms with Crippen LogP contribution in [0.5, 0.6) is 0 Å². The topological polar surface area (TPSA) is 20.3 Å². The van der Waals surface area contributed by atoms with Gasteiger partial charge >= 0.3 is 0 Å². The first-order valence-electron chi connectivity index (χ1n) is 8.57. The van der Waals surface area contributed by atoms with E-state index in [-0.39, 0.29) is 11.7 Å². The Labute approximate surface area is 153 Å². The van der Waals surface area contributed by atoms with E-state index >= 15 is 0 Å². The lowest BCUT2D eigenvalue weighted by molar-refractivity contribution is -0.125. The minimum atomic E-state index is -0.319. The zero-order valence-electron chi connectivity index (χ0n) is 14.6. The average molecular weight is 360 g/mol. The number of rotatable bonds is 7. The maximum Gasteiger partial charge on any atom is 0.254 e. The summed E-state index contributed by atoms with van der Waals surface area (Å²) in [6.07, 6.45) is 3.62. The Kier molecular flexibility index (Phi) is 7.20. The molecule has 0 fully saturated rings. The number of nitrogens with zero attached hydrogens (tertiary/aromatic N) is 1. The molecule has 0 N–H and O–H groups in total. The zero-order valence-corrected chi connectivity index (χ0v) is 15.4. The Hall–Kier alpha value is -2.13. The summed E-state index contributed by atoms with van der Waals surface area (Å²) in [7, 11) is 0. The van der Waals surface area contributed by atoms with Crippen molar-refractivity contribution in [3.8, 4) is 0 Å². The van der Waals surface area contributed by atoms with Gasteiger partial charge in [-0.05, 0) is 54.3 Å². The van der Waals surface area contributed by atoms with Gasteiger partial charge in [0.25, 0.3) is 5.91 Å². The van der Waals surface area contributed by atoms with Gasteiger partial charge in [-0.15, -0.1) is 0 Å². The highest BCUT2D eigenvalue weighted by atomic mass is 35.5. The van der Waals surface area contributed by atoms with E-state index in [0.717, 1.165) is 18.4 Å². The number of carbonyl (C=O) groups is 1. The fourth-order valence-corrected chi connectivity index (χ4v) is 2.77. The van der Waals surface area contributed by atoms with Crippen LogP contribution in [0.25, 0.3) is 11.6 Å². The lowest BCUT2D eigenvalue weighted by Crippen LogP contribution is -2.33. The maximum atomic E-state index is 13.3. The van der Waals surface area contributed by atoms with E-state index < -0.39 is 0 Å². The third kappa shape index (κ3) is 5.43. The summed E-state index contributed by atoms with van der Waals surface area (Å²) < 4.78 is 13.3. The first kappa shape index (κ1) is 19.2. The minimum Gasteiger partial charge on any atom is -0.339 e. The quantitative estimate of drug-likeness (QED) is 0.461. The van der Waals surface area contributed by atoms with Gasteiger partial charge in [-0.25, -0.2) is 4.39 Å². The predicted octanol–water partition coefficient (Wildman–Crippen LogP) is 5.67. The van der Waals surface area contributed by atoms with Crippen LogP contribution in [-0.2, 0) is 4.79 Å². The monoisotopic (exact) mass is 359 g/mol. The predicted molar refractivity (Wildman–Crippen MR) is 103 cm³/mol. The molecule has 2 rings (SSSR count). The standard InChI is InChI=1S/C21H23ClFNO/c1-3-13-24(14-4-2)21(25)20(17-7-11-19(23)12-8-17)15-16-5-9-18(22)10-6-16/h5-12,15H,3-4,13-14H2,1-2H3. The van der Waals surface area contributed by atoms with E-state index in [2.05, 4.69) is 13.8 Å². The highest BCUT2D eigenvalue weighted by Gasteiger charge is 2.18. The molecule has 0 saturated carbocycles. The van der Waals surface area contributed by atoms with Crippen molar-refractivity contribution in [1.29, 1.82) is 0 Å². The molecule has 25 heavy (non-hydrogen) atoms. The van der Waals surface area contributed by atoms with Crippen molar-refractivity contribution in [2.24, 2.45) is 0 Å². The lowest BCUT2D eigenvalue weighted by atomic mass is 10.0. The van der Waals surface area contributed by atoms with E-state index in [1.165, 1.54) is 12.1 Å². The van der Waals surface area contributed by atoms with Crippen LogP contribution in [0.1, 0.15) is 37.8 Å². The Morgan fingerprint density at radius 3 is 2.08 bits per heavy atom. The molecule has 2 nitrogen and oxygen atoms in total. The molecule has 0 spiro atoms. The summed E-state index contributed by atoms with van der Waals surface area (Å²) in [6, 6.07) is 13.3. The zero-order chi connectivity index (χ0) is 18.2. The third-order valence-electron chi connectivity index (χ3n) is 3.84. The van der Waals surface area contributed by atoms with Crippen LogP contribution in [0.15, 0.2) is 48.5 Å². The molecule has 0 radical (unpaired) electrons. The van der Waals surface area contributed by atoms with E-state index in [9.17, 15) is 9.18 Å². The van der Waals surface area contributed by atoms with Gasteiger partial charge in [0.05, 0.1) is 0 Å². The number of halogens is 2. The van der Waals surface area contributed by atoms with Gasteiger partial charge in [0.1, 0.15) is 5.82 Å². The Morgan fingerprint density at radius 2 is 1.56 bits per heavy atom. The first-order chi connectivity index (χ1) is 12.0. The van der Waals surface area contributed by atoms with E-state index in [4.69, 9.17) is 11.6 Å². The number of hydrogen-bond acceptors (Lipinski definition) is 1. The molecule has 4 heteroatoms. The van der Waals surface area contributed by atoms with Gasteiger partial charge in [-0.2, -0.15) is 0 Å². The van der Waals surface area contributed by atoms with E-state index in [1.807, 2.05) is 23.1 Å². The highest BCUT2D eigenvalue weighted by molar-refractivity contribution is 6.30. The Morgan fingerprint density at radius 1 is 1.00 bits per heavy atom. The van der Waals surface area contributed by atoms with Gasteiger partial charge in [0.15, 0.2) is 0 Å². The molecule has 0 saturated heterocycles. The minimum absolute atomic E-state index is 0.0368. The number of carbonyl (C=O) groups excluding carboxylic acids is 1. The largest absolute Gasteiger partial charge is 0.339 e. The number of amides is 1. The Balaban J connectivity index is 2.45. The molecule has 1 amide bonds. The SMILES string of the molecule is CCCN(CCC)C(=O)C(=Cc1ccc(Cl)cc1)c1ccc(F)cc1. The molecule has 2 aromatic carbocycles. The lowest BCUT2D eigenvalue weighted by Gasteiger charge is -2.23. The van der Waals surface area contributed by atoms with Crippen LogP contribution < -0.4 is 0 Å². The van der Waals surface area contributed by atoms with Crippen LogP contribution in [0, 0.1) is 5.82 Å². The molecule has 0 aliphatic rings. The van der Waals surface area contributed by atoms with E-state index in [0.29, 0.717) is 29.2 Å². The molecular weight excluding hydrogens is 337 g/mol. The number of benzene rings is 2. The summed E-state index contributed by atoms with van der Waals surface area (Å²) in [5.74, 6) is -0.355. The molecule has 0 atom stereocenters. The molecule has 0 aliphatic carbocycles. The van der Waals surface area contributed by atoms with Crippen molar-refractivity contribution < 1.29 is 9.18 Å². The molecule has 0 unspecified atom stereocenters. The molecular formula is C21H23ClFNO. The van der Waals surface area contributed by atoms with E-state index in [1.54, 1.807) is 24.3 Å². The molecule has 2 aromatic rings. The highest BCUT2D eigenvalue weighted by Crippen LogP contribution is 2.23. The van der Waals surface area contributed by atoms with Crippen molar-refractivity contribution >= 4 is 29.2 Å². The average Bonchev–Trinajstić information content (AvgIpc) is 2.61. The summed E-state index contributed by atoms with van der Waals surface area (Å²) >= 11 is 5.94. The normalized spacial score (nSPS) is 11.4. The van der Waals surface area contributed by atoms with Crippen molar-refractivity contribution in [1.82, 2.24) is 4.90 Å². The van der Waals surface area contributed by atoms with Crippen molar-refractivity contribution in [2.45, 2.75) is 26.7 Å². The van der Waals surface area contributed by atoms with Gasteiger partial charge in [-0.3, -0.25) is 4.79 Å². The van der Waals surface area contributed by atoms with Gasteiger partial charge < -0.3 is 4.90 Å². The summed E-state index contributed by atoms with van der Waals surface area (Å²) in [5, 5.41) is 0.644. The second-order valence-electron chi connectivity index (χ2n) is 5.91. The Bertz CT molecular complexity index is 717. The van der Waals surface area contributed by atoms with Crippen molar-refractivity contribution in [3.05, 3.63) is 70.5 Å². The smallest absolute Gasteiger partial charge is 0.254 e. The van der Waals surface area contributed by atoms with Crippen LogP contribution in [0.3, 0.4) is 0 Å². The second-order valence-corrected chi connectivity index (χ2v) is 6.35. The second kappa shape index (κ2) is 9.38. The van der Waals surface area contributed by atoms with Crippen molar-refractivity contribution in [2.75, 3.05) is 13.1 Å². The molecule has 132 valence electrons. The van der Waals surface area contributed by atoms with Crippen LogP contribution in [-0.4, -0.2) is 23.9 Å². The summed E-state index contributed by atoms with van der Waals surface area (Å²) in [6.45, 7) is 5.50. The van der Waals surface area contributed by atoms with Crippen LogP contribution >= 0.6 is 11.6 Å². The maximum absolute atomic E-state index is 13.3. The molecule has 0 bridgehead atoms. The van der Waals surface area contributed by atoms with Crippen LogP contribution in [0.2, 0.25) is 5.02 Å². The van der Waals surface area contributed by atoms with Gasteiger partial charge in [0, 0.05) is 23.7 Å². The molecule has 0 heterocycles. The fourth-order valence-electron chi connectivity index (χ4n) is 2.65. The number of hydrogen-bond donors (Lipinski definition) is 0. The molecule has 0 aromatic heterocycles. The summed E-state index contributed by atoms with van der Waals surface area (Å²) in [4.78, 5) is 15.0. The van der Waals surface area contributed by atoms with Crippen molar-refractivity contribution in [3.63, 3.8) is 0 Å². The summed E-state index contributed by atoms with van der Waals surface area (Å²) in [5.41, 5.74) is 2.15. The van der Waals surface area contributed by atoms with Crippen LogP contribution in [0.4, 0.5) is 4.39 Å². The first-order valence-corrected chi connectivity index (χ1v) is 8.95. The molecule has 0 aliphatic heterocycles.